The Balaban J connectivity index is 2.43. The highest BCUT2D eigenvalue weighted by Crippen LogP contribution is 2.23. The lowest BCUT2D eigenvalue weighted by Gasteiger charge is -2.14. The van der Waals surface area contributed by atoms with Crippen molar-refractivity contribution in [2.45, 2.75) is 43.9 Å². The summed E-state index contributed by atoms with van der Waals surface area (Å²) in [7, 11) is -1.08. The SMILES string of the molecule is Cc1ccc(SC(=O)CC[Si](C)(C)C)cc1. The van der Waals surface area contributed by atoms with E-state index in [-0.39, 0.29) is 0 Å². The van der Waals surface area contributed by atoms with Gasteiger partial charge in [0.15, 0.2) is 5.12 Å². The first-order chi connectivity index (χ1) is 7.37. The summed E-state index contributed by atoms with van der Waals surface area (Å²) in [6.45, 7) is 8.96. The average molecular weight is 252 g/mol. The topological polar surface area (TPSA) is 17.1 Å². The zero-order valence-corrected chi connectivity index (χ0v) is 12.4. The predicted octanol–water partition coefficient (Wildman–Crippen LogP) is 4.34. The second kappa shape index (κ2) is 5.69. The fourth-order valence-corrected chi connectivity index (χ4v) is 3.16. The van der Waals surface area contributed by atoms with Gasteiger partial charge in [-0.3, -0.25) is 4.79 Å². The zero-order valence-electron chi connectivity index (χ0n) is 10.5. The van der Waals surface area contributed by atoms with Gasteiger partial charge in [-0.1, -0.05) is 49.1 Å². The van der Waals surface area contributed by atoms with Gasteiger partial charge in [0.2, 0.25) is 0 Å². The first-order valence-electron chi connectivity index (χ1n) is 5.64. The van der Waals surface area contributed by atoms with Gasteiger partial charge in [-0.25, -0.2) is 0 Å². The Labute approximate surface area is 104 Å². The summed E-state index contributed by atoms with van der Waals surface area (Å²) in [4.78, 5) is 12.8. The molecule has 0 unspecified atom stereocenters. The van der Waals surface area contributed by atoms with Crippen LogP contribution >= 0.6 is 11.8 Å². The van der Waals surface area contributed by atoms with Gasteiger partial charge in [-0.15, -0.1) is 0 Å². The molecular weight excluding hydrogens is 232 g/mol. The van der Waals surface area contributed by atoms with E-state index in [2.05, 4.69) is 26.6 Å². The third kappa shape index (κ3) is 5.52. The molecule has 0 bridgehead atoms. The van der Waals surface area contributed by atoms with Crippen molar-refractivity contribution in [3.8, 4) is 0 Å². The lowest BCUT2D eigenvalue weighted by Crippen LogP contribution is -2.19. The van der Waals surface area contributed by atoms with Crippen molar-refractivity contribution < 1.29 is 4.79 Å². The fourth-order valence-electron chi connectivity index (χ4n) is 1.27. The monoisotopic (exact) mass is 252 g/mol. The van der Waals surface area contributed by atoms with Crippen LogP contribution in [-0.2, 0) is 4.79 Å². The summed E-state index contributed by atoms with van der Waals surface area (Å²) in [5.41, 5.74) is 1.24. The molecule has 0 aliphatic carbocycles. The van der Waals surface area contributed by atoms with Gasteiger partial charge in [0.25, 0.3) is 0 Å². The van der Waals surface area contributed by atoms with E-state index in [0.29, 0.717) is 11.5 Å². The first-order valence-corrected chi connectivity index (χ1v) is 10.2. The van der Waals surface area contributed by atoms with Crippen molar-refractivity contribution in [1.29, 1.82) is 0 Å². The molecule has 0 N–H and O–H groups in total. The summed E-state index contributed by atoms with van der Waals surface area (Å²) in [5.74, 6) is 0. The van der Waals surface area contributed by atoms with Gasteiger partial charge in [0.1, 0.15) is 0 Å². The van der Waals surface area contributed by atoms with Gasteiger partial charge in [0.05, 0.1) is 0 Å². The molecule has 0 aromatic heterocycles. The van der Waals surface area contributed by atoms with Gasteiger partial charge in [0, 0.05) is 19.4 Å². The Morgan fingerprint density at radius 2 is 1.75 bits per heavy atom. The fraction of sp³-hybridized carbons (Fsp3) is 0.462. The Bertz CT molecular complexity index is 351. The highest BCUT2D eigenvalue weighted by molar-refractivity contribution is 8.13. The molecule has 16 heavy (non-hydrogen) atoms. The van der Waals surface area contributed by atoms with Gasteiger partial charge in [-0.2, -0.15) is 0 Å². The number of carbonyl (C=O) groups excluding carboxylic acids is 1. The van der Waals surface area contributed by atoms with E-state index in [1.807, 2.05) is 24.3 Å². The van der Waals surface area contributed by atoms with Crippen LogP contribution < -0.4 is 0 Å². The highest BCUT2D eigenvalue weighted by Gasteiger charge is 2.15. The molecule has 0 amide bonds. The van der Waals surface area contributed by atoms with Crippen LogP contribution in [0.5, 0.6) is 0 Å². The lowest BCUT2D eigenvalue weighted by molar-refractivity contribution is -0.110. The van der Waals surface area contributed by atoms with Crippen LogP contribution in [0, 0.1) is 6.92 Å². The van der Waals surface area contributed by atoms with Gasteiger partial charge >= 0.3 is 0 Å². The maximum absolute atomic E-state index is 11.7. The van der Waals surface area contributed by atoms with Crippen LogP contribution in [0.1, 0.15) is 12.0 Å². The Morgan fingerprint density at radius 1 is 1.19 bits per heavy atom. The smallest absolute Gasteiger partial charge is 0.193 e. The van der Waals surface area contributed by atoms with Gasteiger partial charge < -0.3 is 0 Å². The zero-order chi connectivity index (χ0) is 12.2. The third-order valence-corrected chi connectivity index (χ3v) is 5.02. The molecule has 3 heteroatoms. The van der Waals surface area contributed by atoms with Crippen LogP contribution in [0.15, 0.2) is 29.2 Å². The minimum absolute atomic E-state index is 0.297. The maximum atomic E-state index is 11.7. The summed E-state index contributed by atoms with van der Waals surface area (Å²) >= 11 is 1.38. The highest BCUT2D eigenvalue weighted by atomic mass is 32.2. The summed E-state index contributed by atoms with van der Waals surface area (Å²) in [6.07, 6.45) is 0.717. The molecule has 0 saturated heterocycles. The molecule has 0 aliphatic rings. The molecule has 0 spiro atoms. The lowest BCUT2D eigenvalue weighted by atomic mass is 10.2. The molecule has 88 valence electrons. The van der Waals surface area contributed by atoms with E-state index in [9.17, 15) is 4.79 Å². The minimum Gasteiger partial charge on any atom is -0.287 e. The molecule has 1 rings (SSSR count). The third-order valence-electron chi connectivity index (χ3n) is 2.33. The summed E-state index contributed by atoms with van der Waals surface area (Å²) in [6, 6.07) is 9.23. The molecular formula is C13H20OSSi. The molecule has 0 aliphatic heterocycles. The first kappa shape index (κ1) is 13.5. The maximum Gasteiger partial charge on any atom is 0.193 e. The number of hydrogen-bond donors (Lipinski definition) is 0. The molecule has 1 aromatic carbocycles. The molecule has 0 radical (unpaired) electrons. The second-order valence-corrected chi connectivity index (χ2v) is 12.1. The van der Waals surface area contributed by atoms with E-state index in [1.54, 1.807) is 0 Å². The summed E-state index contributed by atoms with van der Waals surface area (Å²) < 4.78 is 0. The van der Waals surface area contributed by atoms with Crippen molar-refractivity contribution in [2.75, 3.05) is 0 Å². The Hall–Kier alpha value is -0.543. The number of aryl methyl sites for hydroxylation is 1. The molecule has 1 aromatic rings. The molecule has 0 atom stereocenters. The Kier molecular flexibility index (Phi) is 4.81. The van der Waals surface area contributed by atoms with E-state index < -0.39 is 8.07 Å². The molecule has 0 heterocycles. The van der Waals surface area contributed by atoms with E-state index in [1.165, 1.54) is 17.3 Å². The Morgan fingerprint density at radius 3 is 2.25 bits per heavy atom. The average Bonchev–Trinajstić information content (AvgIpc) is 2.18. The number of thioether (sulfide) groups is 1. The summed E-state index contributed by atoms with van der Waals surface area (Å²) in [5, 5.41) is 0.297. The van der Waals surface area contributed by atoms with Crippen molar-refractivity contribution in [2.24, 2.45) is 0 Å². The second-order valence-electron chi connectivity index (χ2n) is 5.35. The standard InChI is InChI=1S/C13H20OSSi/c1-11-5-7-12(8-6-11)15-13(14)9-10-16(2,3)4/h5-8H,9-10H2,1-4H3. The number of carbonyl (C=O) groups is 1. The van der Waals surface area contributed by atoms with E-state index in [4.69, 9.17) is 0 Å². The van der Waals surface area contributed by atoms with E-state index >= 15 is 0 Å². The van der Waals surface area contributed by atoms with Gasteiger partial charge in [-0.05, 0) is 25.1 Å². The van der Waals surface area contributed by atoms with Crippen LogP contribution in [0.3, 0.4) is 0 Å². The minimum atomic E-state index is -1.08. The van der Waals surface area contributed by atoms with Crippen molar-refractivity contribution in [3.05, 3.63) is 29.8 Å². The predicted molar refractivity (Wildman–Crippen MR) is 74.8 cm³/mol. The molecule has 0 fully saturated rings. The van der Waals surface area contributed by atoms with Crippen molar-refractivity contribution in [1.82, 2.24) is 0 Å². The van der Waals surface area contributed by atoms with Crippen LogP contribution in [0.25, 0.3) is 0 Å². The van der Waals surface area contributed by atoms with Crippen LogP contribution in [-0.4, -0.2) is 13.2 Å². The van der Waals surface area contributed by atoms with Crippen molar-refractivity contribution >= 4 is 25.0 Å². The molecule has 1 nitrogen and oxygen atoms in total. The molecule has 0 saturated carbocycles. The van der Waals surface area contributed by atoms with Crippen molar-refractivity contribution in [3.63, 3.8) is 0 Å². The van der Waals surface area contributed by atoms with E-state index in [0.717, 1.165) is 10.9 Å². The number of hydrogen-bond acceptors (Lipinski definition) is 2. The largest absolute Gasteiger partial charge is 0.287 e. The van der Waals surface area contributed by atoms with Crippen LogP contribution in [0.4, 0.5) is 0 Å². The number of benzene rings is 1. The van der Waals surface area contributed by atoms with Crippen LogP contribution in [0.2, 0.25) is 25.7 Å². The quantitative estimate of drug-likeness (QED) is 0.585. The normalized spacial score (nSPS) is 11.5. The number of rotatable bonds is 4.